The molecule has 0 heterocycles. The van der Waals surface area contributed by atoms with E-state index < -0.39 is 32.5 Å². The number of carbonyl (C=O) groups is 2. The van der Waals surface area contributed by atoms with Crippen molar-refractivity contribution < 1.29 is 42.1 Å². The Bertz CT molecular complexity index is 876. The van der Waals surface area contributed by atoms with E-state index in [1.807, 2.05) is 27.2 Å². The van der Waals surface area contributed by atoms with E-state index in [1.165, 1.54) is 116 Å². The number of nitrogens with zero attached hydrogens (tertiary/aromatic N) is 1. The van der Waals surface area contributed by atoms with Crippen molar-refractivity contribution in [2.45, 2.75) is 187 Å². The summed E-state index contributed by atoms with van der Waals surface area (Å²) in [6.45, 7) is 4.38. The lowest BCUT2D eigenvalue weighted by molar-refractivity contribution is -0.870. The summed E-state index contributed by atoms with van der Waals surface area (Å²) in [5.74, 6) is -0.850. The van der Waals surface area contributed by atoms with Gasteiger partial charge in [0.05, 0.1) is 27.7 Å². The number of rotatable bonds is 37. The topological polar surface area (TPSA) is 108 Å². The Morgan fingerprint density at radius 1 is 0.600 bits per heavy atom. The number of esters is 2. The van der Waals surface area contributed by atoms with Gasteiger partial charge in [0.25, 0.3) is 0 Å². The monoisotopic (exact) mass is 733 g/mol. The molecule has 2 atom stereocenters. The fourth-order valence-corrected chi connectivity index (χ4v) is 6.30. The summed E-state index contributed by atoms with van der Waals surface area (Å²) < 4.78 is 34.1. The average Bonchev–Trinajstić information content (AvgIpc) is 3.06. The summed E-state index contributed by atoms with van der Waals surface area (Å²) in [5, 5.41) is 0. The molecule has 10 heteroatoms. The van der Waals surface area contributed by atoms with Gasteiger partial charge in [-0.05, 0) is 25.7 Å². The molecule has 9 nitrogen and oxygen atoms in total. The standard InChI is InChI=1S/C40H78NO8P/c1-6-8-10-12-14-16-18-19-20-21-23-24-26-28-30-32-39(42)46-36-38(37-48-50(44,45)47-35-34-41(3,4)5)49-40(43)33-31-29-27-25-22-17-15-13-11-9-7-2/h26,28,38H,6-25,27,29-37H2,1-5H3/p+1/b28-26+/t38-/m1/s1. The normalized spacial score (nSPS) is 13.8. The third kappa shape index (κ3) is 36.5. The van der Waals surface area contributed by atoms with Gasteiger partial charge in [-0.2, -0.15) is 0 Å². The zero-order chi connectivity index (χ0) is 37.2. The van der Waals surface area contributed by atoms with Crippen LogP contribution in [0, 0.1) is 0 Å². The lowest BCUT2D eigenvalue weighted by Crippen LogP contribution is -2.37. The number of likely N-dealkylation sites (N-methyl/N-ethyl adjacent to an activating group) is 1. The predicted octanol–water partition coefficient (Wildman–Crippen LogP) is 11.0. The van der Waals surface area contributed by atoms with Crippen LogP contribution in [-0.4, -0.2) is 74.9 Å². The molecule has 0 aliphatic rings. The molecule has 0 radical (unpaired) electrons. The minimum atomic E-state index is -4.37. The van der Waals surface area contributed by atoms with Crippen LogP contribution in [0.1, 0.15) is 181 Å². The van der Waals surface area contributed by atoms with Crippen LogP contribution in [0.4, 0.5) is 0 Å². The Morgan fingerprint density at radius 2 is 1.06 bits per heavy atom. The van der Waals surface area contributed by atoms with Crippen LogP contribution in [0.2, 0.25) is 0 Å². The van der Waals surface area contributed by atoms with E-state index in [-0.39, 0.29) is 26.1 Å². The Morgan fingerprint density at radius 3 is 1.56 bits per heavy atom. The van der Waals surface area contributed by atoms with Crippen LogP contribution in [0.25, 0.3) is 0 Å². The molecule has 0 aliphatic heterocycles. The van der Waals surface area contributed by atoms with Gasteiger partial charge in [-0.1, -0.05) is 154 Å². The van der Waals surface area contributed by atoms with Gasteiger partial charge in [-0.3, -0.25) is 18.6 Å². The van der Waals surface area contributed by atoms with Crippen LogP contribution in [-0.2, 0) is 32.7 Å². The summed E-state index contributed by atoms with van der Waals surface area (Å²) in [6, 6.07) is 0. The number of hydrogen-bond donors (Lipinski definition) is 1. The first-order valence-electron chi connectivity index (χ1n) is 20.4. The third-order valence-electron chi connectivity index (χ3n) is 8.81. The van der Waals surface area contributed by atoms with Crippen molar-refractivity contribution in [3.63, 3.8) is 0 Å². The molecule has 0 aromatic carbocycles. The van der Waals surface area contributed by atoms with Crippen molar-refractivity contribution >= 4 is 19.8 Å². The smallest absolute Gasteiger partial charge is 0.462 e. The van der Waals surface area contributed by atoms with E-state index in [0.29, 0.717) is 23.9 Å². The predicted molar refractivity (Wildman–Crippen MR) is 206 cm³/mol. The third-order valence-corrected chi connectivity index (χ3v) is 9.79. The molecule has 1 N–H and O–H groups in total. The maximum atomic E-state index is 12.6. The van der Waals surface area contributed by atoms with Crippen LogP contribution in [0.3, 0.4) is 0 Å². The number of phosphoric ester groups is 1. The van der Waals surface area contributed by atoms with Crippen molar-refractivity contribution in [2.24, 2.45) is 0 Å². The summed E-state index contributed by atoms with van der Waals surface area (Å²) >= 11 is 0. The number of ether oxygens (including phenoxy) is 2. The van der Waals surface area contributed by atoms with Crippen molar-refractivity contribution in [3.8, 4) is 0 Å². The molecule has 0 bridgehead atoms. The number of unbranched alkanes of at least 4 members (excludes halogenated alkanes) is 21. The Hall–Kier alpha value is -1.25. The Labute approximate surface area is 307 Å². The second-order valence-electron chi connectivity index (χ2n) is 15.0. The minimum Gasteiger partial charge on any atom is -0.462 e. The highest BCUT2D eigenvalue weighted by molar-refractivity contribution is 7.47. The average molecular weight is 733 g/mol. The van der Waals surface area contributed by atoms with Gasteiger partial charge >= 0.3 is 19.8 Å². The van der Waals surface area contributed by atoms with E-state index in [9.17, 15) is 19.0 Å². The van der Waals surface area contributed by atoms with Gasteiger partial charge in [0.1, 0.15) is 19.8 Å². The number of quaternary nitrogens is 1. The number of phosphoric acid groups is 1. The van der Waals surface area contributed by atoms with Gasteiger partial charge in [0.2, 0.25) is 0 Å². The molecule has 1 unspecified atom stereocenters. The Balaban J connectivity index is 4.41. The first-order valence-corrected chi connectivity index (χ1v) is 21.9. The van der Waals surface area contributed by atoms with E-state index in [2.05, 4.69) is 19.9 Å². The van der Waals surface area contributed by atoms with Gasteiger partial charge in [-0.25, -0.2) is 4.57 Å². The van der Waals surface area contributed by atoms with E-state index in [1.54, 1.807) is 0 Å². The van der Waals surface area contributed by atoms with Gasteiger partial charge in [0, 0.05) is 12.8 Å². The molecule has 0 saturated carbocycles. The van der Waals surface area contributed by atoms with Gasteiger partial charge < -0.3 is 18.9 Å². The molecule has 296 valence electrons. The SMILES string of the molecule is CCCCCCCCCCCCC/C=C/CCC(=O)OC[C@H](COP(=O)(O)OCC[N+](C)(C)C)OC(=O)CCCCCCCCCCCCC. The number of allylic oxidation sites excluding steroid dienone is 2. The summed E-state index contributed by atoms with van der Waals surface area (Å²) in [5.41, 5.74) is 0. The molecule has 0 aromatic heterocycles. The van der Waals surface area contributed by atoms with E-state index >= 15 is 0 Å². The molecule has 0 aliphatic carbocycles. The maximum absolute atomic E-state index is 12.6. The number of carbonyl (C=O) groups excluding carboxylic acids is 2. The summed E-state index contributed by atoms with van der Waals surface area (Å²) in [6.07, 6.45) is 32.7. The van der Waals surface area contributed by atoms with E-state index in [0.717, 1.165) is 25.7 Å². The molecule has 0 saturated heterocycles. The molecule has 0 spiro atoms. The molecule has 0 amide bonds. The molecule has 0 rings (SSSR count). The summed E-state index contributed by atoms with van der Waals surface area (Å²) in [4.78, 5) is 35.2. The highest BCUT2D eigenvalue weighted by Gasteiger charge is 2.27. The lowest BCUT2D eigenvalue weighted by Gasteiger charge is -2.24. The lowest BCUT2D eigenvalue weighted by atomic mass is 10.1. The molecule has 0 fully saturated rings. The van der Waals surface area contributed by atoms with Crippen LogP contribution in [0.5, 0.6) is 0 Å². The van der Waals surface area contributed by atoms with Gasteiger partial charge in [0.15, 0.2) is 6.10 Å². The summed E-state index contributed by atoms with van der Waals surface area (Å²) in [7, 11) is 1.47. The Kier molecular flexibility index (Phi) is 32.7. The molecule has 0 aromatic rings. The van der Waals surface area contributed by atoms with Crippen LogP contribution >= 0.6 is 7.82 Å². The van der Waals surface area contributed by atoms with Crippen molar-refractivity contribution in [1.29, 1.82) is 0 Å². The van der Waals surface area contributed by atoms with Crippen LogP contribution in [0.15, 0.2) is 12.2 Å². The van der Waals surface area contributed by atoms with Gasteiger partial charge in [-0.15, -0.1) is 0 Å². The van der Waals surface area contributed by atoms with Crippen molar-refractivity contribution in [3.05, 3.63) is 12.2 Å². The fourth-order valence-electron chi connectivity index (χ4n) is 5.56. The quantitative estimate of drug-likeness (QED) is 0.0221. The highest BCUT2D eigenvalue weighted by Crippen LogP contribution is 2.43. The zero-order valence-corrected chi connectivity index (χ0v) is 34.0. The van der Waals surface area contributed by atoms with Crippen molar-refractivity contribution in [2.75, 3.05) is 47.5 Å². The fraction of sp³-hybridized carbons (Fsp3) is 0.900. The molecule has 50 heavy (non-hydrogen) atoms. The highest BCUT2D eigenvalue weighted by atomic mass is 31.2. The minimum absolute atomic E-state index is 0.0301. The second-order valence-corrected chi connectivity index (χ2v) is 16.5. The first-order chi connectivity index (χ1) is 24.0. The van der Waals surface area contributed by atoms with Crippen molar-refractivity contribution in [1.82, 2.24) is 0 Å². The zero-order valence-electron chi connectivity index (χ0n) is 33.1. The number of hydrogen-bond acceptors (Lipinski definition) is 7. The molecular formula is C40H79NO8P+. The largest absolute Gasteiger partial charge is 0.472 e. The second kappa shape index (κ2) is 33.6. The molecular weight excluding hydrogens is 653 g/mol. The van der Waals surface area contributed by atoms with Crippen LogP contribution < -0.4 is 0 Å². The van der Waals surface area contributed by atoms with E-state index in [4.69, 9.17) is 18.5 Å². The maximum Gasteiger partial charge on any atom is 0.472 e. The first kappa shape index (κ1) is 48.8.